The molecule has 2 aromatic carbocycles. The fourth-order valence-corrected chi connectivity index (χ4v) is 2.53. The van der Waals surface area contributed by atoms with E-state index in [2.05, 4.69) is 67.7 Å². The average Bonchev–Trinajstić information content (AvgIpc) is 2.50. The summed E-state index contributed by atoms with van der Waals surface area (Å²) in [6.45, 7) is 4.33. The van der Waals surface area contributed by atoms with Gasteiger partial charge >= 0.3 is 0 Å². The molecule has 0 bridgehead atoms. The monoisotopic (exact) mass is 267 g/mol. The van der Waals surface area contributed by atoms with Crippen LogP contribution in [0.2, 0.25) is 0 Å². The molecule has 0 heterocycles. The van der Waals surface area contributed by atoms with E-state index in [4.69, 9.17) is 0 Å². The van der Waals surface area contributed by atoms with Gasteiger partial charge in [-0.05, 0) is 49.9 Å². The van der Waals surface area contributed by atoms with Crippen molar-refractivity contribution < 1.29 is 0 Å². The molecule has 0 amide bonds. The molecule has 2 aromatic rings. The molecule has 1 atom stereocenters. The Hall–Kier alpha value is -1.60. The smallest absolute Gasteiger partial charge is 0.0320 e. The lowest BCUT2D eigenvalue weighted by Crippen LogP contribution is -2.17. The van der Waals surface area contributed by atoms with Gasteiger partial charge in [0.2, 0.25) is 0 Å². The van der Waals surface area contributed by atoms with Crippen LogP contribution in [0.4, 0.5) is 0 Å². The van der Waals surface area contributed by atoms with E-state index < -0.39 is 0 Å². The van der Waals surface area contributed by atoms with Crippen LogP contribution in [0.1, 0.15) is 41.6 Å². The SMILES string of the molecule is CCc1ccc(C(CCc2ccc(C)cc2)NC)cc1. The number of hydrogen-bond donors (Lipinski definition) is 1. The summed E-state index contributed by atoms with van der Waals surface area (Å²) in [5.74, 6) is 0. The molecule has 0 spiro atoms. The first kappa shape index (κ1) is 14.8. The van der Waals surface area contributed by atoms with Crippen LogP contribution in [0.25, 0.3) is 0 Å². The van der Waals surface area contributed by atoms with Gasteiger partial charge in [-0.2, -0.15) is 0 Å². The quantitative estimate of drug-likeness (QED) is 0.815. The maximum absolute atomic E-state index is 3.44. The maximum Gasteiger partial charge on any atom is 0.0320 e. The van der Waals surface area contributed by atoms with Gasteiger partial charge in [0.1, 0.15) is 0 Å². The highest BCUT2D eigenvalue weighted by atomic mass is 14.9. The second-order valence-corrected chi connectivity index (χ2v) is 5.46. The maximum atomic E-state index is 3.44. The Morgan fingerprint density at radius 2 is 1.50 bits per heavy atom. The summed E-state index contributed by atoms with van der Waals surface area (Å²) in [6, 6.07) is 18.3. The highest BCUT2D eigenvalue weighted by Gasteiger charge is 2.09. The number of benzene rings is 2. The minimum absolute atomic E-state index is 0.433. The van der Waals surface area contributed by atoms with Crippen molar-refractivity contribution in [2.75, 3.05) is 7.05 Å². The third kappa shape index (κ3) is 3.94. The molecule has 2 rings (SSSR count). The lowest BCUT2D eigenvalue weighted by atomic mass is 9.97. The van der Waals surface area contributed by atoms with Gasteiger partial charge in [-0.3, -0.25) is 0 Å². The van der Waals surface area contributed by atoms with E-state index in [9.17, 15) is 0 Å². The summed E-state index contributed by atoms with van der Waals surface area (Å²) in [5.41, 5.74) is 5.54. The van der Waals surface area contributed by atoms with E-state index in [0.29, 0.717) is 6.04 Å². The standard InChI is InChI=1S/C19H25N/c1-4-16-9-12-18(13-10-16)19(20-3)14-11-17-7-5-15(2)6-8-17/h5-10,12-13,19-20H,4,11,14H2,1-3H3. The van der Waals surface area contributed by atoms with Crippen LogP contribution in [0.3, 0.4) is 0 Å². The minimum Gasteiger partial charge on any atom is -0.313 e. The van der Waals surface area contributed by atoms with Crippen molar-refractivity contribution in [2.24, 2.45) is 0 Å². The normalized spacial score (nSPS) is 12.3. The van der Waals surface area contributed by atoms with Gasteiger partial charge in [-0.25, -0.2) is 0 Å². The topological polar surface area (TPSA) is 12.0 Å². The molecule has 1 nitrogen and oxygen atoms in total. The number of rotatable bonds is 6. The Labute approximate surface area is 123 Å². The minimum atomic E-state index is 0.433. The van der Waals surface area contributed by atoms with Crippen LogP contribution >= 0.6 is 0 Å². The molecule has 1 heteroatoms. The zero-order chi connectivity index (χ0) is 14.4. The van der Waals surface area contributed by atoms with Crippen molar-refractivity contribution in [3.8, 4) is 0 Å². The van der Waals surface area contributed by atoms with Gasteiger partial charge in [0.05, 0.1) is 0 Å². The number of nitrogens with one attached hydrogen (secondary N) is 1. The van der Waals surface area contributed by atoms with E-state index in [0.717, 1.165) is 19.3 Å². The van der Waals surface area contributed by atoms with Crippen molar-refractivity contribution in [3.05, 3.63) is 70.8 Å². The summed E-state index contributed by atoms with van der Waals surface area (Å²) in [5, 5.41) is 3.44. The summed E-state index contributed by atoms with van der Waals surface area (Å²) in [7, 11) is 2.05. The summed E-state index contributed by atoms with van der Waals surface area (Å²) in [4.78, 5) is 0. The molecular weight excluding hydrogens is 242 g/mol. The third-order valence-corrected chi connectivity index (χ3v) is 3.98. The van der Waals surface area contributed by atoms with Crippen LogP contribution in [0, 0.1) is 6.92 Å². The molecule has 0 aliphatic rings. The Bertz CT molecular complexity index is 510. The second kappa shape index (κ2) is 7.25. The van der Waals surface area contributed by atoms with Crippen molar-refractivity contribution >= 4 is 0 Å². The Kier molecular flexibility index (Phi) is 5.37. The Morgan fingerprint density at radius 3 is 2.05 bits per heavy atom. The molecule has 0 aliphatic heterocycles. The zero-order valence-corrected chi connectivity index (χ0v) is 12.8. The molecule has 1 unspecified atom stereocenters. The van der Waals surface area contributed by atoms with E-state index in [1.807, 2.05) is 7.05 Å². The molecule has 1 N–H and O–H groups in total. The summed E-state index contributed by atoms with van der Waals surface area (Å²) >= 11 is 0. The van der Waals surface area contributed by atoms with Gasteiger partial charge in [0.15, 0.2) is 0 Å². The largest absolute Gasteiger partial charge is 0.313 e. The fourth-order valence-electron chi connectivity index (χ4n) is 2.53. The average molecular weight is 267 g/mol. The van der Waals surface area contributed by atoms with Crippen LogP contribution in [-0.4, -0.2) is 7.05 Å². The molecule has 0 fully saturated rings. The van der Waals surface area contributed by atoms with Gasteiger partial charge in [0, 0.05) is 6.04 Å². The lowest BCUT2D eigenvalue weighted by Gasteiger charge is -2.17. The lowest BCUT2D eigenvalue weighted by molar-refractivity contribution is 0.549. The summed E-state index contributed by atoms with van der Waals surface area (Å²) in [6.07, 6.45) is 3.35. The first-order valence-corrected chi connectivity index (χ1v) is 7.54. The predicted octanol–water partition coefficient (Wildman–Crippen LogP) is 4.45. The molecule has 0 aromatic heterocycles. The molecule has 0 aliphatic carbocycles. The zero-order valence-electron chi connectivity index (χ0n) is 12.8. The Morgan fingerprint density at radius 1 is 0.900 bits per heavy atom. The fraction of sp³-hybridized carbons (Fsp3) is 0.368. The van der Waals surface area contributed by atoms with E-state index in [1.165, 1.54) is 22.3 Å². The highest BCUT2D eigenvalue weighted by molar-refractivity contribution is 5.26. The predicted molar refractivity (Wildman–Crippen MR) is 87.1 cm³/mol. The number of hydrogen-bond acceptors (Lipinski definition) is 1. The molecular formula is C19H25N. The van der Waals surface area contributed by atoms with Crippen LogP contribution < -0.4 is 5.32 Å². The van der Waals surface area contributed by atoms with Crippen LogP contribution in [0.5, 0.6) is 0 Å². The molecule has 20 heavy (non-hydrogen) atoms. The first-order valence-electron chi connectivity index (χ1n) is 7.54. The first-order chi connectivity index (χ1) is 9.72. The van der Waals surface area contributed by atoms with E-state index in [-0.39, 0.29) is 0 Å². The summed E-state index contributed by atoms with van der Waals surface area (Å²) < 4.78 is 0. The van der Waals surface area contributed by atoms with Crippen LogP contribution in [0.15, 0.2) is 48.5 Å². The van der Waals surface area contributed by atoms with Crippen molar-refractivity contribution in [3.63, 3.8) is 0 Å². The van der Waals surface area contributed by atoms with Crippen molar-refractivity contribution in [2.45, 2.75) is 39.2 Å². The van der Waals surface area contributed by atoms with Crippen molar-refractivity contribution in [1.29, 1.82) is 0 Å². The van der Waals surface area contributed by atoms with Gasteiger partial charge in [0.25, 0.3) is 0 Å². The second-order valence-electron chi connectivity index (χ2n) is 5.46. The van der Waals surface area contributed by atoms with E-state index in [1.54, 1.807) is 0 Å². The molecule has 0 radical (unpaired) electrons. The number of aryl methyl sites for hydroxylation is 3. The van der Waals surface area contributed by atoms with Gasteiger partial charge in [-0.15, -0.1) is 0 Å². The third-order valence-electron chi connectivity index (χ3n) is 3.98. The Balaban J connectivity index is 1.99. The van der Waals surface area contributed by atoms with Gasteiger partial charge < -0.3 is 5.32 Å². The van der Waals surface area contributed by atoms with Crippen molar-refractivity contribution in [1.82, 2.24) is 5.32 Å². The molecule has 0 saturated heterocycles. The molecule has 0 saturated carbocycles. The molecule has 106 valence electrons. The van der Waals surface area contributed by atoms with Crippen LogP contribution in [-0.2, 0) is 12.8 Å². The van der Waals surface area contributed by atoms with Gasteiger partial charge in [-0.1, -0.05) is 61.0 Å². The van der Waals surface area contributed by atoms with E-state index >= 15 is 0 Å². The highest BCUT2D eigenvalue weighted by Crippen LogP contribution is 2.20.